The second-order valence-electron chi connectivity index (χ2n) is 7.35. The summed E-state index contributed by atoms with van der Waals surface area (Å²) in [5, 5.41) is 2.60. The van der Waals surface area contributed by atoms with E-state index in [0.717, 1.165) is 0 Å². The van der Waals surface area contributed by atoms with Crippen molar-refractivity contribution in [1.29, 1.82) is 0 Å². The largest absolute Gasteiger partial charge is 0.442 e. The van der Waals surface area contributed by atoms with Gasteiger partial charge in [-0.1, -0.05) is 0 Å². The molecule has 144 valence electrons. The van der Waals surface area contributed by atoms with Gasteiger partial charge in [0.15, 0.2) is 0 Å². The van der Waals surface area contributed by atoms with Crippen LogP contribution < -0.4 is 20.9 Å². The zero-order chi connectivity index (χ0) is 19.3. The van der Waals surface area contributed by atoms with Gasteiger partial charge in [0.05, 0.1) is 24.5 Å². The Labute approximate surface area is 155 Å². The Morgan fingerprint density at radius 3 is 2.59 bits per heavy atom. The predicted molar refractivity (Wildman–Crippen MR) is 94.6 cm³/mol. The third-order valence-corrected chi connectivity index (χ3v) is 5.56. The van der Waals surface area contributed by atoms with Gasteiger partial charge in [0.25, 0.3) is 0 Å². The summed E-state index contributed by atoms with van der Waals surface area (Å²) in [5.74, 6) is -0.565. The molecule has 0 aromatic heterocycles. The minimum Gasteiger partial charge on any atom is -0.442 e. The molecule has 0 bridgehead atoms. The fourth-order valence-electron chi connectivity index (χ4n) is 4.16. The van der Waals surface area contributed by atoms with Crippen LogP contribution >= 0.6 is 0 Å². The Kier molecular flexibility index (Phi) is 4.16. The van der Waals surface area contributed by atoms with Gasteiger partial charge < -0.3 is 20.7 Å². The molecule has 1 aromatic carbocycles. The number of cyclic esters (lactones) is 1. The summed E-state index contributed by atoms with van der Waals surface area (Å²) in [4.78, 5) is 37.6. The van der Waals surface area contributed by atoms with E-state index in [1.54, 1.807) is 12.1 Å². The van der Waals surface area contributed by atoms with Crippen LogP contribution in [0.15, 0.2) is 18.2 Å². The minimum absolute atomic E-state index is 0.0801. The second kappa shape index (κ2) is 6.40. The first-order chi connectivity index (χ1) is 12.8. The van der Waals surface area contributed by atoms with Crippen molar-refractivity contribution in [3.8, 4) is 0 Å². The first-order valence-electron chi connectivity index (χ1n) is 8.91. The van der Waals surface area contributed by atoms with E-state index >= 15 is 0 Å². The number of carbonyl (C=O) groups is 3. The van der Waals surface area contributed by atoms with Crippen LogP contribution in [0.1, 0.15) is 6.92 Å². The van der Waals surface area contributed by atoms with Crippen LogP contribution in [0.4, 0.5) is 20.6 Å². The van der Waals surface area contributed by atoms with E-state index < -0.39 is 18.0 Å². The summed E-state index contributed by atoms with van der Waals surface area (Å²) >= 11 is 0. The van der Waals surface area contributed by atoms with E-state index in [0.29, 0.717) is 24.5 Å². The first kappa shape index (κ1) is 17.6. The molecule has 3 aliphatic rings. The number of ether oxygens (including phenoxy) is 1. The minimum atomic E-state index is -0.566. The van der Waals surface area contributed by atoms with Crippen molar-refractivity contribution >= 4 is 29.3 Å². The topological polar surface area (TPSA) is 105 Å². The third-order valence-electron chi connectivity index (χ3n) is 5.56. The van der Waals surface area contributed by atoms with E-state index in [1.165, 1.54) is 17.9 Å². The second-order valence-corrected chi connectivity index (χ2v) is 7.35. The monoisotopic (exact) mass is 376 g/mol. The van der Waals surface area contributed by atoms with Crippen LogP contribution in [0.2, 0.25) is 0 Å². The number of hydrogen-bond donors (Lipinski definition) is 2. The van der Waals surface area contributed by atoms with Gasteiger partial charge in [0.1, 0.15) is 11.9 Å². The molecule has 9 heteroatoms. The molecule has 0 radical (unpaired) electrons. The lowest BCUT2D eigenvalue weighted by atomic mass is 10.2. The van der Waals surface area contributed by atoms with Gasteiger partial charge in [0.2, 0.25) is 11.8 Å². The maximum atomic E-state index is 14.7. The molecule has 2 saturated heterocycles. The number of amides is 3. The van der Waals surface area contributed by atoms with E-state index in [1.807, 2.05) is 4.90 Å². The molecule has 4 rings (SSSR count). The molecule has 3 N–H and O–H groups in total. The van der Waals surface area contributed by atoms with Crippen molar-refractivity contribution in [2.24, 2.45) is 23.5 Å². The fraction of sp³-hybridized carbons (Fsp3) is 0.500. The number of nitrogens with one attached hydrogen (secondary N) is 1. The van der Waals surface area contributed by atoms with E-state index in [4.69, 9.17) is 10.5 Å². The van der Waals surface area contributed by atoms with Gasteiger partial charge >= 0.3 is 6.09 Å². The summed E-state index contributed by atoms with van der Waals surface area (Å²) in [6, 6.07) is 4.63. The Morgan fingerprint density at radius 1 is 1.30 bits per heavy atom. The number of benzene rings is 1. The molecule has 4 atom stereocenters. The van der Waals surface area contributed by atoms with Crippen LogP contribution in [0.3, 0.4) is 0 Å². The molecule has 3 amide bonds. The van der Waals surface area contributed by atoms with Crippen molar-refractivity contribution in [3.05, 3.63) is 24.0 Å². The number of carbonyl (C=O) groups excluding carboxylic acids is 3. The molecule has 27 heavy (non-hydrogen) atoms. The molecule has 1 aromatic rings. The Balaban J connectivity index is 1.41. The predicted octanol–water partition coefficient (Wildman–Crippen LogP) is 0.454. The number of piperidine rings is 1. The molecule has 2 heterocycles. The Morgan fingerprint density at radius 2 is 2.00 bits per heavy atom. The zero-order valence-corrected chi connectivity index (χ0v) is 14.9. The van der Waals surface area contributed by atoms with E-state index in [9.17, 15) is 18.8 Å². The fourth-order valence-corrected chi connectivity index (χ4v) is 4.16. The molecule has 0 spiro atoms. The van der Waals surface area contributed by atoms with Gasteiger partial charge in [-0.15, -0.1) is 0 Å². The van der Waals surface area contributed by atoms with Crippen LogP contribution in [0.25, 0.3) is 0 Å². The zero-order valence-electron chi connectivity index (χ0n) is 14.9. The van der Waals surface area contributed by atoms with Crippen molar-refractivity contribution in [1.82, 2.24) is 5.32 Å². The van der Waals surface area contributed by atoms with Crippen LogP contribution in [0, 0.1) is 23.6 Å². The van der Waals surface area contributed by atoms with Crippen LogP contribution in [-0.2, 0) is 14.3 Å². The summed E-state index contributed by atoms with van der Waals surface area (Å²) < 4.78 is 19.9. The summed E-state index contributed by atoms with van der Waals surface area (Å²) in [5.41, 5.74) is 6.21. The SMILES string of the molecule is CC(=O)NC[C@H]1CN(c2ccc(N3C[C@@H]4C(C(N)=O)[C@@H]4C3)c(F)c2)C(=O)O1. The van der Waals surface area contributed by atoms with Crippen LogP contribution in [-0.4, -0.2) is 50.2 Å². The summed E-state index contributed by atoms with van der Waals surface area (Å²) in [6.45, 7) is 3.07. The quantitative estimate of drug-likeness (QED) is 0.777. The van der Waals surface area contributed by atoms with Crippen molar-refractivity contribution in [3.63, 3.8) is 0 Å². The number of nitrogens with zero attached hydrogens (tertiary/aromatic N) is 2. The highest BCUT2D eigenvalue weighted by Gasteiger charge is 2.58. The third kappa shape index (κ3) is 3.17. The molecule has 1 unspecified atom stereocenters. The van der Waals surface area contributed by atoms with Gasteiger partial charge in [-0.3, -0.25) is 14.5 Å². The highest BCUT2D eigenvalue weighted by molar-refractivity contribution is 5.90. The van der Waals surface area contributed by atoms with Gasteiger partial charge in [-0.25, -0.2) is 9.18 Å². The number of nitrogens with two attached hydrogens (primary N) is 1. The number of fused-ring (bicyclic) bond motifs is 1. The average Bonchev–Trinajstić information content (AvgIpc) is 2.94. The molecule has 3 fully saturated rings. The number of anilines is 2. The molecule has 1 aliphatic carbocycles. The normalized spacial score (nSPS) is 28.7. The van der Waals surface area contributed by atoms with Gasteiger partial charge in [-0.05, 0) is 30.0 Å². The van der Waals surface area contributed by atoms with Crippen molar-refractivity contribution in [2.75, 3.05) is 36.0 Å². The molecular formula is C18H21FN4O4. The lowest BCUT2D eigenvalue weighted by Crippen LogP contribution is -2.33. The first-order valence-corrected chi connectivity index (χ1v) is 8.91. The van der Waals surface area contributed by atoms with Gasteiger partial charge in [-0.2, -0.15) is 0 Å². The highest BCUT2D eigenvalue weighted by atomic mass is 19.1. The lowest BCUT2D eigenvalue weighted by Gasteiger charge is -2.23. The van der Waals surface area contributed by atoms with E-state index in [2.05, 4.69) is 5.32 Å². The van der Waals surface area contributed by atoms with Crippen LogP contribution in [0.5, 0.6) is 0 Å². The number of halogens is 1. The molecule has 1 saturated carbocycles. The summed E-state index contributed by atoms with van der Waals surface area (Å²) in [6.07, 6.45) is -1.04. The van der Waals surface area contributed by atoms with Crippen molar-refractivity contribution < 1.29 is 23.5 Å². The molecule has 8 nitrogen and oxygen atoms in total. The Hall–Kier alpha value is -2.84. The number of rotatable bonds is 5. The maximum Gasteiger partial charge on any atom is 0.414 e. The van der Waals surface area contributed by atoms with E-state index in [-0.39, 0.29) is 42.7 Å². The smallest absolute Gasteiger partial charge is 0.414 e. The van der Waals surface area contributed by atoms with Gasteiger partial charge in [0, 0.05) is 25.9 Å². The molecular weight excluding hydrogens is 355 g/mol. The number of primary amides is 1. The highest BCUT2D eigenvalue weighted by Crippen LogP contribution is 2.52. The molecule has 2 aliphatic heterocycles. The standard InChI is InChI=1S/C18H21FN4O4/c1-9(24)21-5-11-6-23(18(26)27-11)10-2-3-15(14(19)4-10)22-7-12-13(8-22)16(12)17(20)25/h2-4,11-13,16H,5-8H2,1H3,(H2,20,25)(H,21,24)/t11-,12-,13+,16?/m0/s1. The Bertz CT molecular complexity index is 805. The number of hydrogen-bond acceptors (Lipinski definition) is 5. The average molecular weight is 376 g/mol. The van der Waals surface area contributed by atoms with Crippen molar-refractivity contribution in [2.45, 2.75) is 13.0 Å². The lowest BCUT2D eigenvalue weighted by molar-refractivity contribution is -0.120. The summed E-state index contributed by atoms with van der Waals surface area (Å²) in [7, 11) is 0. The maximum absolute atomic E-state index is 14.7.